The molecule has 5 heteroatoms. The van der Waals surface area contributed by atoms with Crippen LogP contribution in [0.25, 0.3) is 0 Å². The van der Waals surface area contributed by atoms with Crippen LogP contribution in [0, 0.1) is 0 Å². The van der Waals surface area contributed by atoms with Gasteiger partial charge in [0, 0.05) is 12.1 Å². The van der Waals surface area contributed by atoms with Gasteiger partial charge in [0.15, 0.2) is 0 Å². The van der Waals surface area contributed by atoms with Crippen LogP contribution < -0.4 is 15.8 Å². The molecule has 0 radical (unpaired) electrons. The van der Waals surface area contributed by atoms with Crippen LogP contribution in [0.5, 0.6) is 5.75 Å². The summed E-state index contributed by atoms with van der Waals surface area (Å²) in [6.45, 7) is 4.48. The molecule has 0 spiro atoms. The lowest BCUT2D eigenvalue weighted by atomic mass is 10.1. The lowest BCUT2D eigenvalue weighted by Crippen LogP contribution is -2.31. The highest BCUT2D eigenvalue weighted by Gasteiger charge is 2.10. The van der Waals surface area contributed by atoms with Crippen LogP contribution in [0.1, 0.15) is 30.6 Å². The summed E-state index contributed by atoms with van der Waals surface area (Å²) in [5.74, 6) is 0.319. The number of benzene rings is 1. The Kier molecular flexibility index (Phi) is 5.45. The molecule has 0 bridgehead atoms. The number of nitrogens with two attached hydrogens (primary N) is 1. The van der Waals surface area contributed by atoms with E-state index in [1.165, 1.54) is 0 Å². The van der Waals surface area contributed by atoms with E-state index in [0.29, 0.717) is 30.0 Å². The zero-order chi connectivity index (χ0) is 13.5. The third-order valence-electron chi connectivity index (χ3n) is 2.54. The summed E-state index contributed by atoms with van der Waals surface area (Å²) in [7, 11) is 0. The molecule has 5 nitrogen and oxygen atoms in total. The standard InChI is InChI=1S/C13H20N2O3/c1-3-10(16)8-15-13(17)9-5-6-12(18-4-2)11(14)7-9/h5-7,10,16H,3-4,8,14H2,1-2H3,(H,15,17). The lowest BCUT2D eigenvalue weighted by Gasteiger charge is -2.11. The zero-order valence-corrected chi connectivity index (χ0v) is 10.8. The van der Waals surface area contributed by atoms with Crippen molar-refractivity contribution in [2.45, 2.75) is 26.4 Å². The highest BCUT2D eigenvalue weighted by molar-refractivity contribution is 5.95. The summed E-state index contributed by atoms with van der Waals surface area (Å²) in [5, 5.41) is 12.0. The second-order valence-electron chi connectivity index (χ2n) is 3.96. The predicted molar refractivity (Wildman–Crippen MR) is 70.7 cm³/mol. The zero-order valence-electron chi connectivity index (χ0n) is 10.8. The normalized spacial score (nSPS) is 11.9. The molecule has 0 saturated heterocycles. The summed E-state index contributed by atoms with van der Waals surface area (Å²) in [6.07, 6.45) is 0.0834. The van der Waals surface area contributed by atoms with Gasteiger partial charge in [0.1, 0.15) is 5.75 Å². The van der Waals surface area contributed by atoms with E-state index in [0.717, 1.165) is 0 Å². The van der Waals surface area contributed by atoms with Gasteiger partial charge >= 0.3 is 0 Å². The monoisotopic (exact) mass is 252 g/mol. The molecular formula is C13H20N2O3. The molecule has 0 fully saturated rings. The Morgan fingerprint density at radius 1 is 1.50 bits per heavy atom. The molecule has 1 aromatic rings. The third kappa shape index (κ3) is 3.92. The largest absolute Gasteiger partial charge is 0.492 e. The predicted octanol–water partition coefficient (Wildman–Crippen LogP) is 1.17. The van der Waals surface area contributed by atoms with Crippen LogP contribution in [-0.4, -0.2) is 30.3 Å². The van der Waals surface area contributed by atoms with Gasteiger partial charge in [-0.05, 0) is 31.5 Å². The SMILES string of the molecule is CCOc1ccc(C(=O)NCC(O)CC)cc1N. The van der Waals surface area contributed by atoms with Gasteiger partial charge in [-0.15, -0.1) is 0 Å². The number of aliphatic hydroxyl groups excluding tert-OH is 1. The van der Waals surface area contributed by atoms with Crippen LogP contribution in [0.15, 0.2) is 18.2 Å². The molecule has 0 aromatic heterocycles. The number of hydrogen-bond acceptors (Lipinski definition) is 4. The average Bonchev–Trinajstić information content (AvgIpc) is 2.38. The maximum Gasteiger partial charge on any atom is 0.251 e. The van der Waals surface area contributed by atoms with Gasteiger partial charge in [0.05, 0.1) is 18.4 Å². The van der Waals surface area contributed by atoms with Gasteiger partial charge in [-0.25, -0.2) is 0 Å². The summed E-state index contributed by atoms with van der Waals surface area (Å²) < 4.78 is 5.29. The van der Waals surface area contributed by atoms with Gasteiger partial charge in [-0.3, -0.25) is 4.79 Å². The van der Waals surface area contributed by atoms with Gasteiger partial charge < -0.3 is 20.9 Å². The number of aliphatic hydroxyl groups is 1. The molecule has 1 rings (SSSR count). The van der Waals surface area contributed by atoms with Crippen molar-refractivity contribution in [3.05, 3.63) is 23.8 Å². The van der Waals surface area contributed by atoms with E-state index >= 15 is 0 Å². The number of carbonyl (C=O) groups excluding carboxylic acids is 1. The second-order valence-corrected chi connectivity index (χ2v) is 3.96. The number of hydrogen-bond donors (Lipinski definition) is 3. The van der Waals surface area contributed by atoms with Crippen molar-refractivity contribution in [2.75, 3.05) is 18.9 Å². The first-order chi connectivity index (χ1) is 8.58. The molecule has 0 heterocycles. The van der Waals surface area contributed by atoms with Crippen molar-refractivity contribution in [3.63, 3.8) is 0 Å². The Morgan fingerprint density at radius 2 is 2.22 bits per heavy atom. The maximum atomic E-state index is 11.8. The minimum Gasteiger partial charge on any atom is -0.492 e. The molecule has 1 amide bonds. The molecule has 1 aromatic carbocycles. The van der Waals surface area contributed by atoms with E-state index in [1.807, 2.05) is 13.8 Å². The number of anilines is 1. The third-order valence-corrected chi connectivity index (χ3v) is 2.54. The Labute approximate surface area is 107 Å². The van der Waals surface area contributed by atoms with Gasteiger partial charge in [-0.2, -0.15) is 0 Å². The minimum absolute atomic E-state index is 0.239. The van der Waals surface area contributed by atoms with E-state index in [4.69, 9.17) is 10.5 Å². The topological polar surface area (TPSA) is 84.6 Å². The first kappa shape index (κ1) is 14.3. The summed E-state index contributed by atoms with van der Waals surface area (Å²) >= 11 is 0. The van der Waals surface area contributed by atoms with Crippen LogP contribution in [0.2, 0.25) is 0 Å². The molecule has 0 aliphatic carbocycles. The van der Waals surface area contributed by atoms with Crippen LogP contribution in [0.3, 0.4) is 0 Å². The van der Waals surface area contributed by atoms with Crippen molar-refractivity contribution < 1.29 is 14.6 Å². The van der Waals surface area contributed by atoms with Crippen molar-refractivity contribution in [2.24, 2.45) is 0 Å². The van der Waals surface area contributed by atoms with Crippen molar-refractivity contribution in [1.82, 2.24) is 5.32 Å². The fourth-order valence-electron chi connectivity index (χ4n) is 1.43. The van der Waals surface area contributed by atoms with E-state index in [2.05, 4.69) is 5.32 Å². The maximum absolute atomic E-state index is 11.8. The van der Waals surface area contributed by atoms with Gasteiger partial charge in [0.25, 0.3) is 5.91 Å². The smallest absolute Gasteiger partial charge is 0.251 e. The van der Waals surface area contributed by atoms with Crippen LogP contribution in [-0.2, 0) is 0 Å². The van der Waals surface area contributed by atoms with Gasteiger partial charge in [0.2, 0.25) is 0 Å². The Hall–Kier alpha value is -1.75. The fourth-order valence-corrected chi connectivity index (χ4v) is 1.43. The van der Waals surface area contributed by atoms with E-state index in [-0.39, 0.29) is 12.5 Å². The molecule has 100 valence electrons. The Balaban J connectivity index is 2.66. The minimum atomic E-state index is -0.519. The highest BCUT2D eigenvalue weighted by atomic mass is 16.5. The number of carbonyl (C=O) groups is 1. The molecule has 0 saturated carbocycles. The quantitative estimate of drug-likeness (QED) is 0.663. The van der Waals surface area contributed by atoms with Crippen molar-refractivity contribution in [3.8, 4) is 5.75 Å². The van der Waals surface area contributed by atoms with Gasteiger partial charge in [-0.1, -0.05) is 6.92 Å². The molecule has 1 unspecified atom stereocenters. The van der Waals surface area contributed by atoms with Crippen LogP contribution >= 0.6 is 0 Å². The number of nitrogens with one attached hydrogen (secondary N) is 1. The second kappa shape index (κ2) is 6.86. The molecule has 4 N–H and O–H groups in total. The molecular weight excluding hydrogens is 232 g/mol. The number of amides is 1. The summed E-state index contributed by atoms with van der Waals surface area (Å²) in [4.78, 5) is 11.8. The summed E-state index contributed by atoms with van der Waals surface area (Å²) in [5.41, 5.74) is 6.66. The first-order valence-corrected chi connectivity index (χ1v) is 6.07. The van der Waals surface area contributed by atoms with Crippen LogP contribution in [0.4, 0.5) is 5.69 Å². The summed E-state index contributed by atoms with van der Waals surface area (Å²) in [6, 6.07) is 4.89. The Bertz CT molecular complexity index is 407. The fraction of sp³-hybridized carbons (Fsp3) is 0.462. The number of rotatable bonds is 6. The molecule has 18 heavy (non-hydrogen) atoms. The molecule has 0 aliphatic rings. The average molecular weight is 252 g/mol. The van der Waals surface area contributed by atoms with E-state index in [1.54, 1.807) is 18.2 Å². The van der Waals surface area contributed by atoms with E-state index < -0.39 is 6.10 Å². The van der Waals surface area contributed by atoms with E-state index in [9.17, 15) is 9.90 Å². The van der Waals surface area contributed by atoms with Crippen molar-refractivity contribution >= 4 is 11.6 Å². The molecule has 0 aliphatic heterocycles. The number of nitrogen functional groups attached to an aromatic ring is 1. The highest BCUT2D eigenvalue weighted by Crippen LogP contribution is 2.22. The first-order valence-electron chi connectivity index (χ1n) is 6.07. The van der Waals surface area contributed by atoms with Crippen molar-refractivity contribution in [1.29, 1.82) is 0 Å². The Morgan fingerprint density at radius 3 is 2.78 bits per heavy atom. The lowest BCUT2D eigenvalue weighted by molar-refractivity contribution is 0.0914. The molecule has 1 atom stereocenters. The number of ether oxygens (including phenoxy) is 1.